The van der Waals surface area contributed by atoms with Gasteiger partial charge in [0.05, 0.1) is 6.26 Å². The van der Waals surface area contributed by atoms with Crippen molar-refractivity contribution in [2.45, 2.75) is 18.9 Å². The number of nitrogen functional groups attached to an aromatic ring is 1. The summed E-state index contributed by atoms with van der Waals surface area (Å²) in [5, 5.41) is 0. The van der Waals surface area contributed by atoms with E-state index in [1.165, 1.54) is 0 Å². The average Bonchev–Trinajstić information content (AvgIpc) is 2.74. The summed E-state index contributed by atoms with van der Waals surface area (Å²) in [4.78, 5) is 16.6. The molecule has 106 valence electrons. The third-order valence-electron chi connectivity index (χ3n) is 3.10. The van der Waals surface area contributed by atoms with Crippen LogP contribution in [0.25, 0.3) is 0 Å². The van der Waals surface area contributed by atoms with Crippen LogP contribution in [0.4, 0.5) is 5.69 Å². The van der Waals surface area contributed by atoms with Gasteiger partial charge < -0.3 is 15.6 Å². The number of nitrogens with zero attached hydrogens (tertiary/aromatic N) is 1. The summed E-state index contributed by atoms with van der Waals surface area (Å²) in [6, 6.07) is 1.51. The summed E-state index contributed by atoms with van der Waals surface area (Å²) in [5.74, 6) is -0.102. The molecule has 2 heterocycles. The van der Waals surface area contributed by atoms with Gasteiger partial charge >= 0.3 is 0 Å². The van der Waals surface area contributed by atoms with Crippen LogP contribution in [0.1, 0.15) is 23.3 Å². The van der Waals surface area contributed by atoms with E-state index in [-0.39, 0.29) is 11.9 Å². The van der Waals surface area contributed by atoms with Crippen LogP contribution in [-0.4, -0.2) is 49.6 Å². The normalized spacial score (nSPS) is 17.6. The van der Waals surface area contributed by atoms with E-state index in [9.17, 15) is 13.2 Å². The highest BCUT2D eigenvalue weighted by Gasteiger charge is 2.25. The standard InChI is InChI=1S/C11H18N4O3S/c1-19(17,18)14-9-2-4-15(5-3-9)11(16)10-6-8(12)7-13-10/h6-7,9,13-14H,2-5,12H2,1H3. The van der Waals surface area contributed by atoms with Crippen LogP contribution in [0.2, 0.25) is 0 Å². The zero-order chi connectivity index (χ0) is 14.0. The molecule has 19 heavy (non-hydrogen) atoms. The molecule has 0 saturated carbocycles. The quantitative estimate of drug-likeness (QED) is 0.712. The lowest BCUT2D eigenvalue weighted by Crippen LogP contribution is -2.46. The van der Waals surface area contributed by atoms with Crippen LogP contribution in [0, 0.1) is 0 Å². The van der Waals surface area contributed by atoms with Crippen molar-refractivity contribution in [1.82, 2.24) is 14.6 Å². The Kier molecular flexibility index (Phi) is 3.81. The number of carbonyl (C=O) groups excluding carboxylic acids is 1. The number of piperidine rings is 1. The number of likely N-dealkylation sites (tertiary alicyclic amines) is 1. The van der Waals surface area contributed by atoms with Crippen molar-refractivity contribution in [3.8, 4) is 0 Å². The molecule has 2 rings (SSSR count). The molecule has 1 saturated heterocycles. The Morgan fingerprint density at radius 3 is 2.58 bits per heavy atom. The van der Waals surface area contributed by atoms with E-state index in [2.05, 4.69) is 9.71 Å². The SMILES string of the molecule is CS(=O)(=O)NC1CCN(C(=O)c2cc(N)c[nH]2)CC1. The minimum absolute atomic E-state index is 0.0900. The molecule has 0 unspecified atom stereocenters. The monoisotopic (exact) mass is 286 g/mol. The predicted octanol–water partition coefficient (Wildman–Crippen LogP) is -0.249. The summed E-state index contributed by atoms with van der Waals surface area (Å²) in [6.07, 6.45) is 3.96. The van der Waals surface area contributed by atoms with Crippen LogP contribution in [0.5, 0.6) is 0 Å². The lowest BCUT2D eigenvalue weighted by molar-refractivity contribution is 0.0706. The van der Waals surface area contributed by atoms with Crippen LogP contribution in [0.15, 0.2) is 12.3 Å². The molecule has 1 aliphatic heterocycles. The molecule has 1 aromatic heterocycles. The molecule has 1 aromatic rings. The number of amides is 1. The number of H-pyrrole nitrogens is 1. The molecule has 1 fully saturated rings. The second-order valence-electron chi connectivity index (χ2n) is 4.80. The predicted molar refractivity (Wildman–Crippen MR) is 72.1 cm³/mol. The van der Waals surface area contributed by atoms with E-state index in [4.69, 9.17) is 5.73 Å². The number of nitrogens with one attached hydrogen (secondary N) is 2. The van der Waals surface area contributed by atoms with Gasteiger partial charge in [0.25, 0.3) is 5.91 Å². The third kappa shape index (κ3) is 3.71. The van der Waals surface area contributed by atoms with Gasteiger partial charge in [-0.2, -0.15) is 0 Å². The van der Waals surface area contributed by atoms with Gasteiger partial charge in [0.1, 0.15) is 5.69 Å². The van der Waals surface area contributed by atoms with Crippen molar-refractivity contribution in [3.05, 3.63) is 18.0 Å². The topological polar surface area (TPSA) is 108 Å². The molecule has 4 N–H and O–H groups in total. The van der Waals surface area contributed by atoms with Crippen molar-refractivity contribution >= 4 is 21.6 Å². The van der Waals surface area contributed by atoms with Crippen LogP contribution >= 0.6 is 0 Å². The van der Waals surface area contributed by atoms with Crippen LogP contribution in [0.3, 0.4) is 0 Å². The largest absolute Gasteiger partial charge is 0.397 e. The van der Waals surface area contributed by atoms with Gasteiger partial charge in [-0.05, 0) is 18.9 Å². The number of nitrogens with two attached hydrogens (primary N) is 1. The van der Waals surface area contributed by atoms with Crippen molar-refractivity contribution < 1.29 is 13.2 Å². The van der Waals surface area contributed by atoms with Gasteiger partial charge in [-0.3, -0.25) is 4.79 Å². The van der Waals surface area contributed by atoms with Crippen molar-refractivity contribution in [1.29, 1.82) is 0 Å². The maximum absolute atomic E-state index is 12.1. The highest BCUT2D eigenvalue weighted by molar-refractivity contribution is 7.88. The molecular formula is C11H18N4O3S. The molecule has 0 aromatic carbocycles. The Hall–Kier alpha value is -1.54. The summed E-state index contributed by atoms with van der Waals surface area (Å²) >= 11 is 0. The second-order valence-corrected chi connectivity index (χ2v) is 6.58. The van der Waals surface area contributed by atoms with Crippen LogP contribution < -0.4 is 10.5 Å². The van der Waals surface area contributed by atoms with Gasteiger partial charge in [-0.1, -0.05) is 0 Å². The first-order valence-electron chi connectivity index (χ1n) is 6.05. The number of sulfonamides is 1. The third-order valence-corrected chi connectivity index (χ3v) is 3.86. The van der Waals surface area contributed by atoms with Crippen molar-refractivity contribution in [2.24, 2.45) is 0 Å². The number of aromatic nitrogens is 1. The lowest BCUT2D eigenvalue weighted by Gasteiger charge is -2.31. The van der Waals surface area contributed by atoms with Crippen molar-refractivity contribution in [2.75, 3.05) is 25.1 Å². The van der Waals surface area contributed by atoms with E-state index in [0.29, 0.717) is 37.3 Å². The highest BCUT2D eigenvalue weighted by atomic mass is 32.2. The zero-order valence-electron chi connectivity index (χ0n) is 10.7. The first kappa shape index (κ1) is 13.9. The number of hydrogen-bond acceptors (Lipinski definition) is 4. The molecule has 0 aliphatic carbocycles. The first-order chi connectivity index (χ1) is 8.85. The smallest absolute Gasteiger partial charge is 0.270 e. The molecule has 1 amide bonds. The number of carbonyl (C=O) groups is 1. The van der Waals surface area contributed by atoms with Gasteiger partial charge in [0.15, 0.2) is 0 Å². The summed E-state index contributed by atoms with van der Waals surface area (Å²) in [6.45, 7) is 1.07. The van der Waals surface area contributed by atoms with Crippen LogP contribution in [-0.2, 0) is 10.0 Å². The van der Waals surface area contributed by atoms with Gasteiger partial charge in [0.2, 0.25) is 10.0 Å². The molecule has 0 radical (unpaired) electrons. The molecule has 0 spiro atoms. The second kappa shape index (κ2) is 5.22. The fraction of sp³-hybridized carbons (Fsp3) is 0.545. The fourth-order valence-corrected chi connectivity index (χ4v) is 3.05. The average molecular weight is 286 g/mol. The van der Waals surface area contributed by atoms with Gasteiger partial charge in [0, 0.05) is 31.0 Å². The number of hydrogen-bond donors (Lipinski definition) is 3. The Labute approximate surface area is 112 Å². The Morgan fingerprint density at radius 1 is 1.47 bits per heavy atom. The minimum atomic E-state index is -3.19. The first-order valence-corrected chi connectivity index (χ1v) is 7.95. The number of aromatic amines is 1. The summed E-state index contributed by atoms with van der Waals surface area (Å²) < 4.78 is 24.8. The van der Waals surface area contributed by atoms with E-state index >= 15 is 0 Å². The van der Waals surface area contributed by atoms with E-state index in [1.54, 1.807) is 17.2 Å². The van der Waals surface area contributed by atoms with E-state index in [1.807, 2.05) is 0 Å². The fourth-order valence-electron chi connectivity index (χ4n) is 2.21. The van der Waals surface area contributed by atoms with E-state index < -0.39 is 10.0 Å². The van der Waals surface area contributed by atoms with Gasteiger partial charge in [-0.25, -0.2) is 13.1 Å². The molecule has 7 nitrogen and oxygen atoms in total. The maximum Gasteiger partial charge on any atom is 0.270 e. The maximum atomic E-state index is 12.1. The molecular weight excluding hydrogens is 268 g/mol. The highest BCUT2D eigenvalue weighted by Crippen LogP contribution is 2.15. The number of anilines is 1. The Morgan fingerprint density at radius 2 is 2.11 bits per heavy atom. The summed E-state index contributed by atoms with van der Waals surface area (Å²) in [7, 11) is -3.19. The lowest BCUT2D eigenvalue weighted by atomic mass is 10.1. The molecule has 1 aliphatic rings. The zero-order valence-corrected chi connectivity index (χ0v) is 11.5. The van der Waals surface area contributed by atoms with Crippen molar-refractivity contribution in [3.63, 3.8) is 0 Å². The molecule has 0 bridgehead atoms. The van der Waals surface area contributed by atoms with E-state index in [0.717, 1.165) is 6.26 Å². The molecule has 0 atom stereocenters. The summed E-state index contributed by atoms with van der Waals surface area (Å²) in [5.41, 5.74) is 6.55. The Balaban J connectivity index is 1.91. The molecule has 8 heteroatoms. The number of rotatable bonds is 3. The minimum Gasteiger partial charge on any atom is -0.397 e. The van der Waals surface area contributed by atoms with Gasteiger partial charge in [-0.15, -0.1) is 0 Å². The Bertz CT molecular complexity index is 558.